The Kier molecular flexibility index (Phi) is 2.45. The van der Waals surface area contributed by atoms with Gasteiger partial charge in [0.25, 0.3) is 6.43 Å². The second-order valence-electron chi connectivity index (χ2n) is 2.76. The molecule has 5 heteroatoms. The lowest BCUT2D eigenvalue weighted by atomic mass is 10.2. The molecule has 1 aromatic heterocycles. The first-order chi connectivity index (χ1) is 6.61. The van der Waals surface area contributed by atoms with Crippen LogP contribution in [0.4, 0.5) is 13.2 Å². The maximum absolute atomic E-state index is 13.0. The minimum Gasteiger partial charge on any atom is -0.206 e. The number of benzene rings is 1. The van der Waals surface area contributed by atoms with Gasteiger partial charge in [-0.15, -0.1) is 24.0 Å². The predicted molar refractivity (Wildman–Crippen MR) is 54.0 cm³/mol. The molecular formula is C9H5F3S2. The van der Waals surface area contributed by atoms with Crippen LogP contribution in [0.15, 0.2) is 22.4 Å². The Balaban J connectivity index is 2.77. The van der Waals surface area contributed by atoms with Gasteiger partial charge >= 0.3 is 0 Å². The molecule has 0 saturated heterocycles. The molecular weight excluding hydrogens is 229 g/mol. The van der Waals surface area contributed by atoms with Crippen LogP contribution < -0.4 is 0 Å². The molecule has 0 saturated carbocycles. The Labute approximate surface area is 87.8 Å². The van der Waals surface area contributed by atoms with Crippen LogP contribution in [0.25, 0.3) is 10.1 Å². The Hall–Kier alpha value is -0.680. The summed E-state index contributed by atoms with van der Waals surface area (Å²) in [4.78, 5) is 0.138. The Morgan fingerprint density at radius 2 is 2.00 bits per heavy atom. The highest BCUT2D eigenvalue weighted by Crippen LogP contribution is 2.36. The highest BCUT2D eigenvalue weighted by molar-refractivity contribution is 7.80. The summed E-state index contributed by atoms with van der Waals surface area (Å²) in [5.41, 5.74) is -0.0553. The van der Waals surface area contributed by atoms with Crippen molar-refractivity contribution in [2.75, 3.05) is 0 Å². The fraction of sp³-hybridized carbons (Fsp3) is 0.111. The number of thiol groups is 1. The van der Waals surface area contributed by atoms with Crippen LogP contribution in [0.2, 0.25) is 0 Å². The standard InChI is InChI=1S/C9H5F3S2/c10-6-2-1-4-5(9(11)12)3-14-8(4)7(6)13/h1-3,9,13H. The van der Waals surface area contributed by atoms with E-state index in [0.29, 0.717) is 10.1 Å². The van der Waals surface area contributed by atoms with Crippen molar-refractivity contribution in [1.82, 2.24) is 0 Å². The third-order valence-electron chi connectivity index (χ3n) is 1.93. The van der Waals surface area contributed by atoms with Crippen LogP contribution in [0.5, 0.6) is 0 Å². The van der Waals surface area contributed by atoms with Crippen LogP contribution in [-0.4, -0.2) is 0 Å². The molecule has 0 fully saturated rings. The van der Waals surface area contributed by atoms with Crippen molar-refractivity contribution in [3.05, 3.63) is 28.9 Å². The van der Waals surface area contributed by atoms with Crippen molar-refractivity contribution >= 4 is 34.1 Å². The number of fused-ring (bicyclic) bond motifs is 1. The molecule has 0 aliphatic rings. The van der Waals surface area contributed by atoms with E-state index in [1.807, 2.05) is 0 Å². The van der Waals surface area contributed by atoms with Crippen molar-refractivity contribution in [2.24, 2.45) is 0 Å². The van der Waals surface area contributed by atoms with Gasteiger partial charge in [-0.2, -0.15) is 0 Å². The maximum Gasteiger partial charge on any atom is 0.265 e. The monoisotopic (exact) mass is 234 g/mol. The van der Waals surface area contributed by atoms with E-state index in [2.05, 4.69) is 12.6 Å². The first kappa shape index (κ1) is 9.86. The molecule has 0 amide bonds. The summed E-state index contributed by atoms with van der Waals surface area (Å²) in [6.45, 7) is 0. The normalized spacial score (nSPS) is 11.5. The zero-order valence-corrected chi connectivity index (χ0v) is 8.51. The van der Waals surface area contributed by atoms with Gasteiger partial charge in [-0.05, 0) is 6.07 Å². The van der Waals surface area contributed by atoms with E-state index < -0.39 is 12.2 Å². The number of alkyl halides is 2. The molecule has 0 bridgehead atoms. The highest BCUT2D eigenvalue weighted by atomic mass is 32.1. The molecule has 0 nitrogen and oxygen atoms in total. The number of hydrogen-bond donors (Lipinski definition) is 1. The van der Waals surface area contributed by atoms with Crippen molar-refractivity contribution in [3.63, 3.8) is 0 Å². The highest BCUT2D eigenvalue weighted by Gasteiger charge is 2.15. The maximum atomic E-state index is 13.0. The van der Waals surface area contributed by atoms with Crippen molar-refractivity contribution in [1.29, 1.82) is 0 Å². The zero-order chi connectivity index (χ0) is 10.3. The predicted octanol–water partition coefficient (Wildman–Crippen LogP) is 4.27. The van der Waals surface area contributed by atoms with E-state index in [1.54, 1.807) is 0 Å². The summed E-state index contributed by atoms with van der Waals surface area (Å²) >= 11 is 5.02. The smallest absolute Gasteiger partial charge is 0.206 e. The second kappa shape index (κ2) is 3.47. The van der Waals surface area contributed by atoms with Crippen molar-refractivity contribution < 1.29 is 13.2 Å². The third kappa shape index (κ3) is 1.40. The van der Waals surface area contributed by atoms with E-state index in [-0.39, 0.29) is 10.5 Å². The molecule has 0 atom stereocenters. The number of thiophene rings is 1. The quantitative estimate of drug-likeness (QED) is 0.700. The van der Waals surface area contributed by atoms with Crippen LogP contribution >= 0.6 is 24.0 Å². The van der Waals surface area contributed by atoms with Gasteiger partial charge in [0.2, 0.25) is 0 Å². The SMILES string of the molecule is Fc1ccc2c(C(F)F)csc2c1S. The molecule has 0 aliphatic heterocycles. The minimum atomic E-state index is -2.53. The Morgan fingerprint density at radius 3 is 2.64 bits per heavy atom. The fourth-order valence-corrected chi connectivity index (χ4v) is 2.60. The van der Waals surface area contributed by atoms with Gasteiger partial charge in [0.05, 0.1) is 9.60 Å². The summed E-state index contributed by atoms with van der Waals surface area (Å²) < 4.78 is 38.4. The topological polar surface area (TPSA) is 0 Å². The van der Waals surface area contributed by atoms with Crippen LogP contribution in [-0.2, 0) is 0 Å². The molecule has 0 radical (unpaired) electrons. The van der Waals surface area contributed by atoms with Gasteiger partial charge in [0.15, 0.2) is 0 Å². The molecule has 14 heavy (non-hydrogen) atoms. The van der Waals surface area contributed by atoms with E-state index in [4.69, 9.17) is 0 Å². The Bertz CT molecular complexity index is 476. The van der Waals surface area contributed by atoms with Crippen LogP contribution in [0.1, 0.15) is 12.0 Å². The average molecular weight is 234 g/mol. The molecule has 0 aliphatic carbocycles. The molecule has 1 heterocycles. The lowest BCUT2D eigenvalue weighted by Gasteiger charge is -1.99. The van der Waals surface area contributed by atoms with E-state index in [9.17, 15) is 13.2 Å². The summed E-state index contributed by atoms with van der Waals surface area (Å²) in [5.74, 6) is -0.483. The van der Waals surface area contributed by atoms with Crippen molar-refractivity contribution in [3.8, 4) is 0 Å². The summed E-state index contributed by atoms with van der Waals surface area (Å²) in [7, 11) is 0. The molecule has 74 valence electrons. The molecule has 0 spiro atoms. The van der Waals surface area contributed by atoms with Crippen molar-refractivity contribution in [2.45, 2.75) is 11.3 Å². The fourth-order valence-electron chi connectivity index (χ4n) is 1.25. The number of hydrogen-bond acceptors (Lipinski definition) is 2. The van der Waals surface area contributed by atoms with E-state index in [0.717, 1.165) is 17.4 Å². The molecule has 2 aromatic rings. The average Bonchev–Trinajstić information content (AvgIpc) is 2.55. The second-order valence-corrected chi connectivity index (χ2v) is 4.09. The Morgan fingerprint density at radius 1 is 1.29 bits per heavy atom. The van der Waals surface area contributed by atoms with Gasteiger partial charge < -0.3 is 0 Å². The zero-order valence-electron chi connectivity index (χ0n) is 6.80. The van der Waals surface area contributed by atoms with E-state index in [1.165, 1.54) is 11.4 Å². The molecule has 2 rings (SSSR count). The number of halogens is 3. The molecule has 1 aromatic carbocycles. The summed E-state index contributed by atoms with van der Waals surface area (Å²) in [6.07, 6.45) is -2.53. The first-order valence-corrected chi connectivity index (χ1v) is 5.10. The molecule has 0 N–H and O–H groups in total. The van der Waals surface area contributed by atoms with Gasteiger partial charge in [-0.25, -0.2) is 13.2 Å². The summed E-state index contributed by atoms with van der Waals surface area (Å²) in [5, 5.41) is 1.73. The first-order valence-electron chi connectivity index (χ1n) is 3.78. The lowest BCUT2D eigenvalue weighted by Crippen LogP contribution is -1.82. The molecule has 0 unspecified atom stereocenters. The van der Waals surface area contributed by atoms with Crippen LogP contribution in [0.3, 0.4) is 0 Å². The largest absolute Gasteiger partial charge is 0.265 e. The van der Waals surface area contributed by atoms with Gasteiger partial charge in [-0.1, -0.05) is 6.07 Å². The third-order valence-corrected chi connectivity index (χ3v) is 3.55. The lowest BCUT2D eigenvalue weighted by molar-refractivity contribution is 0.153. The van der Waals surface area contributed by atoms with E-state index >= 15 is 0 Å². The van der Waals surface area contributed by atoms with Crippen LogP contribution in [0, 0.1) is 5.82 Å². The van der Waals surface area contributed by atoms with Gasteiger partial charge in [0, 0.05) is 16.3 Å². The minimum absolute atomic E-state index is 0.0553. The van der Waals surface area contributed by atoms with Gasteiger partial charge in [-0.3, -0.25) is 0 Å². The number of rotatable bonds is 1. The summed E-state index contributed by atoms with van der Waals surface area (Å²) in [6, 6.07) is 2.52. The van der Waals surface area contributed by atoms with Gasteiger partial charge in [0.1, 0.15) is 5.82 Å².